The summed E-state index contributed by atoms with van der Waals surface area (Å²) in [6, 6.07) is 4.02. The van der Waals surface area contributed by atoms with Gasteiger partial charge in [-0.2, -0.15) is 0 Å². The van der Waals surface area contributed by atoms with E-state index in [-0.39, 0.29) is 18.0 Å². The average molecular weight is 355 g/mol. The van der Waals surface area contributed by atoms with Crippen molar-refractivity contribution in [1.82, 2.24) is 20.1 Å². The first-order valence-electron chi connectivity index (χ1n) is 9.49. The summed E-state index contributed by atoms with van der Waals surface area (Å²) in [5, 5.41) is 10.8. The van der Waals surface area contributed by atoms with E-state index in [0.717, 1.165) is 56.3 Å². The molecule has 1 saturated heterocycles. The summed E-state index contributed by atoms with van der Waals surface area (Å²) in [4.78, 5) is 19.6. The zero-order chi connectivity index (χ0) is 17.9. The molecule has 0 radical (unpaired) electrons. The van der Waals surface area contributed by atoms with E-state index in [1.165, 1.54) is 0 Å². The highest BCUT2D eigenvalue weighted by molar-refractivity contribution is 5.93. The largest absolute Gasteiger partial charge is 0.408 e. The lowest BCUT2D eigenvalue weighted by molar-refractivity contribution is -0.121. The number of anilines is 1. The molecule has 2 aromatic rings. The number of rotatable bonds is 5. The molecule has 1 aliphatic carbocycles. The molecule has 2 fully saturated rings. The minimum Gasteiger partial charge on any atom is -0.408 e. The summed E-state index contributed by atoms with van der Waals surface area (Å²) >= 11 is 0. The Bertz CT molecular complexity index is 771. The molecule has 1 N–H and O–H groups in total. The number of hydrogen-bond acceptors (Lipinski definition) is 6. The number of carbonyl (C=O) groups excluding carboxylic acids is 1. The summed E-state index contributed by atoms with van der Waals surface area (Å²) < 4.78 is 5.59. The molecule has 1 aliphatic heterocycles. The Hall–Kier alpha value is -2.28. The molecule has 138 valence electrons. The number of hydrogen-bond donors (Lipinski definition) is 1. The fraction of sp³-hybridized carbons (Fsp3) is 0.579. The molecular formula is C19H25N5O2. The van der Waals surface area contributed by atoms with Crippen molar-refractivity contribution < 1.29 is 9.21 Å². The van der Waals surface area contributed by atoms with E-state index in [1.54, 1.807) is 0 Å². The summed E-state index contributed by atoms with van der Waals surface area (Å²) in [6.07, 6.45) is 8.13. The second-order valence-electron chi connectivity index (χ2n) is 7.31. The Morgan fingerprint density at radius 1 is 1.27 bits per heavy atom. The number of carbonyl (C=O) groups is 1. The normalized spacial score (nSPS) is 21.3. The highest BCUT2D eigenvalue weighted by Gasteiger charge is 2.31. The van der Waals surface area contributed by atoms with E-state index in [4.69, 9.17) is 4.42 Å². The molecule has 1 amide bonds. The van der Waals surface area contributed by atoms with Crippen molar-refractivity contribution >= 4 is 11.9 Å². The topological polar surface area (TPSA) is 84.2 Å². The number of pyridine rings is 1. The number of aromatic nitrogens is 3. The SMILES string of the molecule is Cc1cccnc1CN1CCCCC[C@@H]1C(=O)Nc1nnc(C2CC2)o1. The van der Waals surface area contributed by atoms with Crippen LogP contribution >= 0.6 is 0 Å². The lowest BCUT2D eigenvalue weighted by atomic mass is 10.1. The van der Waals surface area contributed by atoms with Crippen molar-refractivity contribution in [2.24, 2.45) is 0 Å². The second-order valence-corrected chi connectivity index (χ2v) is 7.31. The van der Waals surface area contributed by atoms with E-state index >= 15 is 0 Å². The molecule has 26 heavy (non-hydrogen) atoms. The summed E-state index contributed by atoms with van der Waals surface area (Å²) in [7, 11) is 0. The third-order valence-electron chi connectivity index (χ3n) is 5.23. The van der Waals surface area contributed by atoms with Crippen molar-refractivity contribution in [3.8, 4) is 0 Å². The van der Waals surface area contributed by atoms with Crippen LogP contribution in [0.25, 0.3) is 0 Å². The minimum absolute atomic E-state index is 0.0634. The van der Waals surface area contributed by atoms with Gasteiger partial charge in [0.15, 0.2) is 0 Å². The first-order valence-corrected chi connectivity index (χ1v) is 9.49. The van der Waals surface area contributed by atoms with Gasteiger partial charge in [0.25, 0.3) is 0 Å². The number of nitrogens with zero attached hydrogens (tertiary/aromatic N) is 4. The third kappa shape index (κ3) is 3.93. The van der Waals surface area contributed by atoms with Crippen LogP contribution in [0, 0.1) is 6.92 Å². The number of amides is 1. The number of likely N-dealkylation sites (tertiary alicyclic amines) is 1. The maximum atomic E-state index is 12.9. The maximum Gasteiger partial charge on any atom is 0.322 e. The molecule has 4 rings (SSSR count). The fourth-order valence-corrected chi connectivity index (χ4v) is 3.50. The Balaban J connectivity index is 1.46. The predicted octanol–water partition coefficient (Wildman–Crippen LogP) is 3.03. The summed E-state index contributed by atoms with van der Waals surface area (Å²) in [5.74, 6) is 0.961. The van der Waals surface area contributed by atoms with Crippen LogP contribution in [0.2, 0.25) is 0 Å². The highest BCUT2D eigenvalue weighted by atomic mass is 16.4. The molecular weight excluding hydrogens is 330 g/mol. The van der Waals surface area contributed by atoms with Crippen molar-refractivity contribution in [3.63, 3.8) is 0 Å². The van der Waals surface area contributed by atoms with Gasteiger partial charge < -0.3 is 4.42 Å². The zero-order valence-electron chi connectivity index (χ0n) is 15.1. The van der Waals surface area contributed by atoms with Crippen LogP contribution < -0.4 is 5.32 Å². The molecule has 1 atom stereocenters. The molecule has 0 bridgehead atoms. The van der Waals surface area contributed by atoms with E-state index in [2.05, 4.69) is 38.4 Å². The van der Waals surface area contributed by atoms with E-state index in [0.29, 0.717) is 18.4 Å². The van der Waals surface area contributed by atoms with Crippen LogP contribution in [0.3, 0.4) is 0 Å². The van der Waals surface area contributed by atoms with E-state index < -0.39 is 0 Å². The third-order valence-corrected chi connectivity index (χ3v) is 5.23. The Labute approximate surface area is 153 Å². The van der Waals surface area contributed by atoms with E-state index in [9.17, 15) is 4.79 Å². The van der Waals surface area contributed by atoms with Crippen LogP contribution in [0.4, 0.5) is 6.01 Å². The Morgan fingerprint density at radius 2 is 2.15 bits per heavy atom. The van der Waals surface area contributed by atoms with Gasteiger partial charge in [-0.05, 0) is 50.8 Å². The quantitative estimate of drug-likeness (QED) is 0.887. The second kappa shape index (κ2) is 7.53. The van der Waals surface area contributed by atoms with Crippen LogP contribution in [0.1, 0.15) is 61.6 Å². The van der Waals surface area contributed by atoms with Gasteiger partial charge in [-0.1, -0.05) is 24.0 Å². The van der Waals surface area contributed by atoms with Gasteiger partial charge in [0.2, 0.25) is 11.8 Å². The van der Waals surface area contributed by atoms with Gasteiger partial charge >= 0.3 is 6.01 Å². The molecule has 0 aromatic carbocycles. The van der Waals surface area contributed by atoms with Gasteiger partial charge in [0, 0.05) is 18.7 Å². The fourth-order valence-electron chi connectivity index (χ4n) is 3.50. The smallest absolute Gasteiger partial charge is 0.322 e. The predicted molar refractivity (Wildman–Crippen MR) is 96.5 cm³/mol. The average Bonchev–Trinajstić information content (AvgIpc) is 3.42. The van der Waals surface area contributed by atoms with Gasteiger partial charge in [0.05, 0.1) is 11.7 Å². The maximum absolute atomic E-state index is 12.9. The van der Waals surface area contributed by atoms with Gasteiger partial charge in [-0.15, -0.1) is 5.10 Å². The molecule has 7 nitrogen and oxygen atoms in total. The van der Waals surface area contributed by atoms with Crippen molar-refractivity contribution in [3.05, 3.63) is 35.5 Å². The lowest BCUT2D eigenvalue weighted by Gasteiger charge is -2.28. The molecule has 7 heteroatoms. The molecule has 3 heterocycles. The first-order chi connectivity index (χ1) is 12.7. The monoisotopic (exact) mass is 355 g/mol. The van der Waals surface area contributed by atoms with Crippen LogP contribution in [-0.2, 0) is 11.3 Å². The zero-order valence-corrected chi connectivity index (χ0v) is 15.1. The number of aryl methyl sites for hydroxylation is 1. The summed E-state index contributed by atoms with van der Waals surface area (Å²) in [5.41, 5.74) is 2.18. The van der Waals surface area contributed by atoms with Crippen molar-refractivity contribution in [2.75, 3.05) is 11.9 Å². The first kappa shape index (κ1) is 17.1. The van der Waals surface area contributed by atoms with Gasteiger partial charge in [-0.3, -0.25) is 20.0 Å². The van der Waals surface area contributed by atoms with Gasteiger partial charge in [-0.25, -0.2) is 0 Å². The van der Waals surface area contributed by atoms with Crippen LogP contribution in [0.5, 0.6) is 0 Å². The minimum atomic E-state index is -0.199. The Kier molecular flexibility index (Phi) is 4.97. The highest BCUT2D eigenvalue weighted by Crippen LogP contribution is 2.39. The standard InChI is InChI=1S/C19H25N5O2/c1-13-6-5-10-20-15(13)12-24-11-4-2-3-7-16(24)17(25)21-19-23-22-18(26-19)14-8-9-14/h5-6,10,14,16H,2-4,7-9,11-12H2,1H3,(H,21,23,25)/t16-/m1/s1. The van der Waals surface area contributed by atoms with Crippen LogP contribution in [0.15, 0.2) is 22.7 Å². The lowest BCUT2D eigenvalue weighted by Crippen LogP contribution is -2.43. The van der Waals surface area contributed by atoms with Crippen molar-refractivity contribution in [1.29, 1.82) is 0 Å². The van der Waals surface area contributed by atoms with Crippen molar-refractivity contribution in [2.45, 2.75) is 64.0 Å². The molecule has 2 aromatic heterocycles. The molecule has 0 spiro atoms. The van der Waals surface area contributed by atoms with E-state index in [1.807, 2.05) is 12.3 Å². The Morgan fingerprint density at radius 3 is 2.96 bits per heavy atom. The molecule has 1 saturated carbocycles. The molecule has 0 unspecified atom stereocenters. The van der Waals surface area contributed by atoms with Gasteiger partial charge in [0.1, 0.15) is 0 Å². The number of nitrogens with one attached hydrogen (secondary N) is 1. The summed E-state index contributed by atoms with van der Waals surface area (Å²) in [6.45, 7) is 3.64. The molecule has 2 aliphatic rings. The van der Waals surface area contributed by atoms with Crippen LogP contribution in [-0.4, -0.2) is 38.6 Å².